The summed E-state index contributed by atoms with van der Waals surface area (Å²) in [6.45, 7) is 1.43. The highest BCUT2D eigenvalue weighted by atomic mass is 19.1. The molecule has 2 heterocycles. The molecule has 4 rings (SSSR count). The fourth-order valence-electron chi connectivity index (χ4n) is 3.70. The van der Waals surface area contributed by atoms with Crippen molar-refractivity contribution in [2.45, 2.75) is 13.0 Å². The maximum absolute atomic E-state index is 15.2. The first-order valence-corrected chi connectivity index (χ1v) is 11.0. The fourth-order valence-corrected chi connectivity index (χ4v) is 3.70. The van der Waals surface area contributed by atoms with Crippen LogP contribution in [0.3, 0.4) is 0 Å². The zero-order valence-electron chi connectivity index (χ0n) is 20.1. The van der Waals surface area contributed by atoms with Crippen molar-refractivity contribution in [3.63, 3.8) is 0 Å². The van der Waals surface area contributed by atoms with Crippen LogP contribution in [-0.4, -0.2) is 47.9 Å². The third kappa shape index (κ3) is 5.07. The number of aliphatic hydroxyl groups is 1. The first-order chi connectivity index (χ1) is 17.8. The molecular weight excluding hydrogens is 488 g/mol. The molecule has 9 nitrogen and oxygen atoms in total. The summed E-state index contributed by atoms with van der Waals surface area (Å²) in [7, 11) is 2.78. The van der Waals surface area contributed by atoms with Gasteiger partial charge in [-0.2, -0.15) is 0 Å². The molecule has 0 saturated carbocycles. The standard InChI is InChI=1S/C26H23F2N3O6/c1-13(12-32)36-22-10-15-18(11-21(22)35-3)30-6-4-19(15)37-25-16(27)8-14(9-17(25)28)24-23(26(29)33)20(34-2)5-7-31-24/h4-11,13,32H,12H2,1-3H3,(H2,29,33). The van der Waals surface area contributed by atoms with Gasteiger partial charge in [-0.15, -0.1) is 0 Å². The monoisotopic (exact) mass is 511 g/mol. The molecule has 0 aliphatic heterocycles. The Morgan fingerprint density at radius 2 is 1.62 bits per heavy atom. The van der Waals surface area contributed by atoms with Crippen LogP contribution in [-0.2, 0) is 0 Å². The number of hydrogen-bond acceptors (Lipinski definition) is 8. The molecule has 0 radical (unpaired) electrons. The number of methoxy groups -OCH3 is 2. The summed E-state index contributed by atoms with van der Waals surface area (Å²) in [5.41, 5.74) is 5.68. The molecule has 0 bridgehead atoms. The Morgan fingerprint density at radius 3 is 2.24 bits per heavy atom. The molecule has 1 atom stereocenters. The number of carbonyl (C=O) groups is 1. The average molecular weight is 511 g/mol. The molecular formula is C26H23F2N3O6. The van der Waals surface area contributed by atoms with Crippen molar-refractivity contribution in [1.82, 2.24) is 9.97 Å². The van der Waals surface area contributed by atoms with Gasteiger partial charge in [0.1, 0.15) is 23.2 Å². The third-order valence-electron chi connectivity index (χ3n) is 5.44. The molecule has 0 spiro atoms. The van der Waals surface area contributed by atoms with Crippen LogP contribution in [0.5, 0.6) is 28.7 Å². The lowest BCUT2D eigenvalue weighted by molar-refractivity contribution is 0.0997. The Kier molecular flexibility index (Phi) is 7.35. The van der Waals surface area contributed by atoms with Crippen LogP contribution in [0, 0.1) is 11.6 Å². The van der Waals surface area contributed by atoms with Crippen LogP contribution in [0.2, 0.25) is 0 Å². The van der Waals surface area contributed by atoms with E-state index in [0.717, 1.165) is 12.1 Å². The molecule has 11 heteroatoms. The topological polar surface area (TPSA) is 126 Å². The lowest BCUT2D eigenvalue weighted by Crippen LogP contribution is -2.16. The molecule has 37 heavy (non-hydrogen) atoms. The van der Waals surface area contributed by atoms with Gasteiger partial charge in [0.15, 0.2) is 28.9 Å². The van der Waals surface area contributed by atoms with Gasteiger partial charge in [-0.05, 0) is 37.3 Å². The summed E-state index contributed by atoms with van der Waals surface area (Å²) >= 11 is 0. The highest BCUT2D eigenvalue weighted by Crippen LogP contribution is 2.39. The Balaban J connectivity index is 1.78. The van der Waals surface area contributed by atoms with Crippen LogP contribution in [0.15, 0.2) is 48.8 Å². The maximum Gasteiger partial charge on any atom is 0.254 e. The van der Waals surface area contributed by atoms with E-state index in [9.17, 15) is 9.90 Å². The number of aromatic nitrogens is 2. The Labute approximate surface area is 210 Å². The van der Waals surface area contributed by atoms with Crippen molar-refractivity contribution >= 4 is 16.8 Å². The molecule has 2 aromatic carbocycles. The predicted molar refractivity (Wildman–Crippen MR) is 130 cm³/mol. The van der Waals surface area contributed by atoms with E-state index in [-0.39, 0.29) is 40.7 Å². The Hall–Kier alpha value is -4.51. The molecule has 2 aromatic heterocycles. The largest absolute Gasteiger partial charge is 0.496 e. The van der Waals surface area contributed by atoms with E-state index >= 15 is 8.78 Å². The van der Waals surface area contributed by atoms with Crippen molar-refractivity contribution in [1.29, 1.82) is 0 Å². The number of ether oxygens (including phenoxy) is 4. The number of carbonyl (C=O) groups excluding carboxylic acids is 1. The number of halogens is 2. The summed E-state index contributed by atoms with van der Waals surface area (Å²) in [6, 6.07) is 7.95. The van der Waals surface area contributed by atoms with Crippen molar-refractivity contribution < 1.29 is 37.6 Å². The molecule has 192 valence electrons. The van der Waals surface area contributed by atoms with Gasteiger partial charge in [-0.25, -0.2) is 8.78 Å². The number of benzene rings is 2. The summed E-state index contributed by atoms with van der Waals surface area (Å²) in [4.78, 5) is 20.3. The minimum absolute atomic E-state index is 0.0342. The van der Waals surface area contributed by atoms with Gasteiger partial charge >= 0.3 is 0 Å². The number of primary amides is 1. The van der Waals surface area contributed by atoms with Crippen molar-refractivity contribution in [2.75, 3.05) is 20.8 Å². The van der Waals surface area contributed by atoms with Crippen LogP contribution in [0.25, 0.3) is 22.2 Å². The summed E-state index contributed by atoms with van der Waals surface area (Å²) in [5, 5.41) is 9.73. The zero-order valence-corrected chi connectivity index (χ0v) is 20.1. The molecule has 0 aliphatic rings. The predicted octanol–water partition coefficient (Wildman–Crippen LogP) is 4.24. The number of hydrogen-bond donors (Lipinski definition) is 2. The number of amides is 1. The van der Waals surface area contributed by atoms with Crippen molar-refractivity contribution in [2.24, 2.45) is 5.73 Å². The van der Waals surface area contributed by atoms with E-state index < -0.39 is 29.4 Å². The quantitative estimate of drug-likeness (QED) is 0.342. The van der Waals surface area contributed by atoms with Crippen molar-refractivity contribution in [3.05, 3.63) is 66.0 Å². The second-order valence-corrected chi connectivity index (χ2v) is 7.91. The molecule has 0 aliphatic carbocycles. The molecule has 1 unspecified atom stereocenters. The van der Waals surface area contributed by atoms with Crippen LogP contribution in [0.4, 0.5) is 8.78 Å². The number of nitrogens with zero attached hydrogens (tertiary/aromatic N) is 2. The lowest BCUT2D eigenvalue weighted by Gasteiger charge is -2.17. The molecule has 1 amide bonds. The van der Waals surface area contributed by atoms with Gasteiger partial charge in [-0.3, -0.25) is 14.8 Å². The van der Waals surface area contributed by atoms with Crippen molar-refractivity contribution in [3.8, 4) is 40.0 Å². The maximum atomic E-state index is 15.2. The summed E-state index contributed by atoms with van der Waals surface area (Å²) in [5.74, 6) is -2.78. The minimum Gasteiger partial charge on any atom is -0.496 e. The van der Waals surface area contributed by atoms with E-state index in [1.807, 2.05) is 0 Å². The highest BCUT2D eigenvalue weighted by molar-refractivity contribution is 6.01. The van der Waals surface area contributed by atoms with Gasteiger partial charge in [0.05, 0.1) is 32.0 Å². The summed E-state index contributed by atoms with van der Waals surface area (Å²) in [6.07, 6.45) is 2.21. The van der Waals surface area contributed by atoms with Gasteiger partial charge in [0.2, 0.25) is 0 Å². The Bertz CT molecular complexity index is 1460. The van der Waals surface area contributed by atoms with Gasteiger partial charge in [-0.1, -0.05) is 0 Å². The number of fused-ring (bicyclic) bond motifs is 1. The number of aliphatic hydroxyl groups excluding tert-OH is 1. The first kappa shape index (κ1) is 25.6. The summed E-state index contributed by atoms with van der Waals surface area (Å²) < 4.78 is 52.2. The molecule has 3 N–H and O–H groups in total. The van der Waals surface area contributed by atoms with E-state index in [1.165, 1.54) is 38.7 Å². The molecule has 0 fully saturated rings. The van der Waals surface area contributed by atoms with Gasteiger partial charge < -0.3 is 29.8 Å². The third-order valence-corrected chi connectivity index (χ3v) is 5.44. The smallest absolute Gasteiger partial charge is 0.254 e. The number of nitrogens with two attached hydrogens (primary N) is 1. The zero-order chi connectivity index (χ0) is 26.7. The fraction of sp³-hybridized carbons (Fsp3) is 0.192. The second-order valence-electron chi connectivity index (χ2n) is 7.91. The SMILES string of the molecule is COc1cc2nccc(Oc3c(F)cc(-c4nccc(OC)c4C(N)=O)cc3F)c2cc1OC(C)CO. The van der Waals surface area contributed by atoms with E-state index in [1.54, 1.807) is 19.1 Å². The Morgan fingerprint density at radius 1 is 0.973 bits per heavy atom. The first-order valence-electron chi connectivity index (χ1n) is 11.0. The van der Waals surface area contributed by atoms with Crippen LogP contribution < -0.4 is 24.7 Å². The van der Waals surface area contributed by atoms with E-state index in [2.05, 4.69) is 9.97 Å². The van der Waals surface area contributed by atoms with Crippen LogP contribution in [0.1, 0.15) is 17.3 Å². The van der Waals surface area contributed by atoms with Gasteiger partial charge in [0, 0.05) is 29.4 Å². The average Bonchev–Trinajstić information content (AvgIpc) is 2.89. The normalized spacial score (nSPS) is 11.7. The van der Waals surface area contributed by atoms with Crippen LogP contribution >= 0.6 is 0 Å². The van der Waals surface area contributed by atoms with E-state index in [4.69, 9.17) is 24.7 Å². The number of pyridine rings is 2. The van der Waals surface area contributed by atoms with E-state index in [0.29, 0.717) is 16.7 Å². The van der Waals surface area contributed by atoms with Gasteiger partial charge in [0.25, 0.3) is 5.91 Å². The number of rotatable bonds is 9. The minimum atomic E-state index is -1.04. The molecule has 4 aromatic rings. The molecule has 0 saturated heterocycles. The highest BCUT2D eigenvalue weighted by Gasteiger charge is 2.22. The second kappa shape index (κ2) is 10.6. The lowest BCUT2D eigenvalue weighted by atomic mass is 10.0.